The summed E-state index contributed by atoms with van der Waals surface area (Å²) in [4.78, 5) is 10.3. The zero-order valence-corrected chi connectivity index (χ0v) is 17.7. The van der Waals surface area contributed by atoms with Crippen molar-refractivity contribution in [1.29, 1.82) is 0 Å². The number of hydrogen-bond donors (Lipinski definition) is 1. The van der Waals surface area contributed by atoms with Crippen molar-refractivity contribution in [2.75, 3.05) is 0 Å². The first kappa shape index (κ1) is 18.9. The van der Waals surface area contributed by atoms with Gasteiger partial charge < -0.3 is 4.55 Å². The highest BCUT2D eigenvalue weighted by atomic mass is 32.2. The molecule has 0 saturated carbocycles. The van der Waals surface area contributed by atoms with Gasteiger partial charge in [-0.25, -0.2) is 14.2 Å². The first-order valence-electron chi connectivity index (χ1n) is 10.2. The molecule has 154 valence electrons. The largest absolute Gasteiger partial charge is 0.302 e. The molecule has 0 bridgehead atoms. The Morgan fingerprint density at radius 3 is 2.19 bits per heavy atom. The van der Waals surface area contributed by atoms with Crippen molar-refractivity contribution >= 4 is 43.8 Å². The Bertz CT molecular complexity index is 1660. The molecule has 32 heavy (non-hydrogen) atoms. The maximum atomic E-state index is 11.7. The molecule has 4 aromatic carbocycles. The minimum Gasteiger partial charge on any atom is -0.302 e. The summed E-state index contributed by atoms with van der Waals surface area (Å²) < 4.78 is 23.3. The monoisotopic (exact) mass is 435 g/mol. The van der Waals surface area contributed by atoms with Gasteiger partial charge in [-0.15, -0.1) is 0 Å². The molecule has 6 rings (SSSR count). The quantitative estimate of drug-likeness (QED) is 0.348. The Morgan fingerprint density at radius 1 is 0.688 bits per heavy atom. The Morgan fingerprint density at radius 2 is 1.38 bits per heavy atom. The normalized spacial score (nSPS) is 12.5. The molecule has 1 unspecified atom stereocenters. The highest BCUT2D eigenvalue weighted by molar-refractivity contribution is 7.79. The van der Waals surface area contributed by atoms with Gasteiger partial charge >= 0.3 is 0 Å². The third-order valence-electron chi connectivity index (χ3n) is 5.68. The van der Waals surface area contributed by atoms with Crippen LogP contribution in [0.25, 0.3) is 49.9 Å². The fourth-order valence-electron chi connectivity index (χ4n) is 4.26. The molecule has 6 aromatic rings. The molecule has 2 aromatic heterocycles. The number of aromatic nitrogens is 3. The summed E-state index contributed by atoms with van der Waals surface area (Å²) in [7, 11) is 0. The van der Waals surface area contributed by atoms with E-state index in [0.29, 0.717) is 10.8 Å². The van der Waals surface area contributed by atoms with Crippen molar-refractivity contribution in [3.8, 4) is 17.2 Å². The van der Waals surface area contributed by atoms with E-state index in [0.717, 1.165) is 44.0 Å². The standard InChI is InChI=1S/C26H17N3O2S/c30-32(31)18-14-15-24-21(16-18)19-10-5-7-13-23(19)29(24)26-27-22-12-6-4-11-20(22)25(28-26)17-8-2-1-3-9-17/h1-16H,(H,30,31). The topological polar surface area (TPSA) is 68.0 Å². The Hall–Kier alpha value is -3.87. The van der Waals surface area contributed by atoms with E-state index in [2.05, 4.69) is 0 Å². The van der Waals surface area contributed by atoms with Gasteiger partial charge in [-0.05, 0) is 30.3 Å². The Balaban J connectivity index is 1.73. The third kappa shape index (κ3) is 2.92. The minimum atomic E-state index is -2.05. The van der Waals surface area contributed by atoms with Gasteiger partial charge in [-0.2, -0.15) is 0 Å². The summed E-state index contributed by atoms with van der Waals surface area (Å²) >= 11 is -2.05. The molecule has 2 heterocycles. The molecule has 0 amide bonds. The molecule has 1 atom stereocenters. The average molecular weight is 436 g/mol. The van der Waals surface area contributed by atoms with E-state index in [1.807, 2.05) is 89.5 Å². The van der Waals surface area contributed by atoms with Crippen LogP contribution in [0.2, 0.25) is 0 Å². The van der Waals surface area contributed by atoms with E-state index in [4.69, 9.17) is 9.97 Å². The summed E-state index contributed by atoms with van der Waals surface area (Å²) in [6.45, 7) is 0. The number of hydrogen-bond acceptors (Lipinski definition) is 3. The maximum absolute atomic E-state index is 11.7. The van der Waals surface area contributed by atoms with Crippen molar-refractivity contribution in [3.05, 3.63) is 97.1 Å². The average Bonchev–Trinajstić information content (AvgIpc) is 3.17. The molecule has 0 saturated heterocycles. The van der Waals surface area contributed by atoms with Gasteiger partial charge in [-0.1, -0.05) is 66.7 Å². The van der Waals surface area contributed by atoms with Crippen molar-refractivity contribution in [2.24, 2.45) is 0 Å². The fraction of sp³-hybridized carbons (Fsp3) is 0. The van der Waals surface area contributed by atoms with Crippen molar-refractivity contribution in [2.45, 2.75) is 4.90 Å². The van der Waals surface area contributed by atoms with Gasteiger partial charge in [0.05, 0.1) is 27.1 Å². The lowest BCUT2D eigenvalue weighted by atomic mass is 10.1. The van der Waals surface area contributed by atoms with Crippen LogP contribution >= 0.6 is 0 Å². The molecule has 0 aliphatic heterocycles. The molecule has 0 radical (unpaired) electrons. The van der Waals surface area contributed by atoms with E-state index in [1.54, 1.807) is 12.1 Å². The lowest BCUT2D eigenvalue weighted by Crippen LogP contribution is -2.03. The molecule has 1 N–H and O–H groups in total. The van der Waals surface area contributed by atoms with E-state index in [1.165, 1.54) is 0 Å². The van der Waals surface area contributed by atoms with Crippen molar-refractivity contribution in [3.63, 3.8) is 0 Å². The van der Waals surface area contributed by atoms with Crippen molar-refractivity contribution in [1.82, 2.24) is 14.5 Å². The summed E-state index contributed by atoms with van der Waals surface area (Å²) in [6.07, 6.45) is 0. The van der Waals surface area contributed by atoms with Crippen LogP contribution in [0.3, 0.4) is 0 Å². The summed E-state index contributed by atoms with van der Waals surface area (Å²) in [5.74, 6) is 0.562. The van der Waals surface area contributed by atoms with Crippen molar-refractivity contribution < 1.29 is 8.76 Å². The van der Waals surface area contributed by atoms with E-state index in [9.17, 15) is 8.76 Å². The van der Waals surface area contributed by atoms with Crippen LogP contribution in [0.5, 0.6) is 0 Å². The second kappa shape index (κ2) is 7.37. The van der Waals surface area contributed by atoms with Crippen LogP contribution in [0.1, 0.15) is 0 Å². The highest BCUT2D eigenvalue weighted by Crippen LogP contribution is 2.34. The lowest BCUT2D eigenvalue weighted by molar-refractivity contribution is 0.564. The van der Waals surface area contributed by atoms with Gasteiger partial charge in [0.15, 0.2) is 11.1 Å². The summed E-state index contributed by atoms with van der Waals surface area (Å²) in [5, 5.41) is 2.85. The molecular formula is C26H17N3O2S. The molecular weight excluding hydrogens is 418 g/mol. The number of para-hydroxylation sites is 2. The first-order valence-corrected chi connectivity index (χ1v) is 11.3. The molecule has 5 nitrogen and oxygen atoms in total. The van der Waals surface area contributed by atoms with Crippen LogP contribution in [0.4, 0.5) is 0 Å². The highest BCUT2D eigenvalue weighted by Gasteiger charge is 2.17. The SMILES string of the molecule is O=S(O)c1ccc2c(c1)c1ccccc1n2-c1nc(-c2ccccc2)c2ccccc2n1. The first-order chi connectivity index (χ1) is 15.7. The van der Waals surface area contributed by atoms with Crippen LogP contribution < -0.4 is 0 Å². The number of fused-ring (bicyclic) bond motifs is 4. The van der Waals surface area contributed by atoms with Crippen LogP contribution in [-0.4, -0.2) is 23.3 Å². The number of benzene rings is 4. The Kier molecular flexibility index (Phi) is 4.35. The van der Waals surface area contributed by atoms with E-state index >= 15 is 0 Å². The van der Waals surface area contributed by atoms with Crippen LogP contribution in [-0.2, 0) is 11.1 Å². The molecule has 0 fully saturated rings. The zero-order valence-electron chi connectivity index (χ0n) is 16.8. The maximum Gasteiger partial charge on any atom is 0.235 e. The molecule has 0 aliphatic rings. The second-order valence-electron chi connectivity index (χ2n) is 7.54. The van der Waals surface area contributed by atoms with Crippen LogP contribution in [0, 0.1) is 0 Å². The van der Waals surface area contributed by atoms with E-state index in [-0.39, 0.29) is 0 Å². The Labute approximate surface area is 186 Å². The fourth-order valence-corrected chi connectivity index (χ4v) is 4.66. The van der Waals surface area contributed by atoms with Gasteiger partial charge in [-0.3, -0.25) is 4.57 Å². The predicted molar refractivity (Wildman–Crippen MR) is 128 cm³/mol. The third-order valence-corrected chi connectivity index (χ3v) is 6.34. The number of rotatable bonds is 3. The van der Waals surface area contributed by atoms with Crippen LogP contribution in [0.15, 0.2) is 102 Å². The number of nitrogens with zero attached hydrogens (tertiary/aromatic N) is 3. The van der Waals surface area contributed by atoms with E-state index < -0.39 is 11.1 Å². The predicted octanol–water partition coefficient (Wildman–Crippen LogP) is 5.97. The molecule has 0 spiro atoms. The smallest absolute Gasteiger partial charge is 0.235 e. The zero-order chi connectivity index (χ0) is 21.7. The summed E-state index contributed by atoms with van der Waals surface area (Å²) in [6, 6.07) is 31.4. The second-order valence-corrected chi connectivity index (χ2v) is 8.51. The minimum absolute atomic E-state index is 0.366. The van der Waals surface area contributed by atoms with Gasteiger partial charge in [0, 0.05) is 21.7 Å². The lowest BCUT2D eigenvalue weighted by Gasteiger charge is -2.11. The van der Waals surface area contributed by atoms with Gasteiger partial charge in [0.1, 0.15) is 0 Å². The van der Waals surface area contributed by atoms with Gasteiger partial charge in [0.25, 0.3) is 0 Å². The van der Waals surface area contributed by atoms with Gasteiger partial charge in [0.2, 0.25) is 5.95 Å². The molecule has 6 heteroatoms. The summed E-state index contributed by atoms with van der Waals surface area (Å²) in [5.41, 5.74) is 4.57. The molecule has 0 aliphatic carbocycles.